The second-order valence-corrected chi connectivity index (χ2v) is 33.0. The summed E-state index contributed by atoms with van der Waals surface area (Å²) in [6.45, 7) is 27.6. The number of carbonyl (C=O) groups excluding carboxylic acids is 4. The van der Waals surface area contributed by atoms with Crippen LogP contribution in [0.15, 0.2) is 60.9 Å². The van der Waals surface area contributed by atoms with Gasteiger partial charge in [0, 0.05) is 78.4 Å². The molecule has 0 unspecified atom stereocenters. The lowest BCUT2D eigenvalue weighted by Gasteiger charge is -2.38. The van der Waals surface area contributed by atoms with Crippen molar-refractivity contribution in [2.24, 2.45) is 11.8 Å². The Hall–Kier alpha value is -5.79. The average molecular weight is 1040 g/mol. The lowest BCUT2D eigenvalue weighted by Crippen LogP contribution is -2.57. The van der Waals surface area contributed by atoms with Crippen molar-refractivity contribution in [3.63, 3.8) is 0 Å². The van der Waals surface area contributed by atoms with E-state index < -0.39 is 46.5 Å². The van der Waals surface area contributed by atoms with E-state index in [1.54, 1.807) is 4.90 Å². The highest BCUT2D eigenvalue weighted by atomic mass is 28.3. The maximum absolute atomic E-state index is 14.2. The molecule has 1 aliphatic rings. The van der Waals surface area contributed by atoms with Crippen LogP contribution >= 0.6 is 0 Å². The molecule has 1 aliphatic heterocycles. The minimum Gasteiger partial charge on any atom is -0.453 e. The van der Waals surface area contributed by atoms with Crippen LogP contribution in [0.5, 0.6) is 0 Å². The van der Waals surface area contributed by atoms with Gasteiger partial charge in [-0.15, -0.1) is 0 Å². The number of piperazine rings is 1. The van der Waals surface area contributed by atoms with Crippen molar-refractivity contribution in [3.05, 3.63) is 83.7 Å². The molecule has 1 saturated heterocycles. The van der Waals surface area contributed by atoms with Crippen molar-refractivity contribution in [1.29, 1.82) is 0 Å². The first-order valence-corrected chi connectivity index (χ1v) is 33.0. The third-order valence-electron chi connectivity index (χ3n) is 12.6. The van der Waals surface area contributed by atoms with Crippen LogP contribution in [0.2, 0.25) is 51.4 Å². The van der Waals surface area contributed by atoms with Crippen LogP contribution in [0, 0.1) is 23.7 Å². The van der Waals surface area contributed by atoms with Crippen LogP contribution in [0.3, 0.4) is 0 Å². The molecule has 3 N–H and O–H groups in total. The van der Waals surface area contributed by atoms with Crippen LogP contribution in [0.4, 0.5) is 9.59 Å². The number of nitrogens with one attached hydrogen (secondary N) is 3. The molecular weight excluding hydrogens is 959 g/mol. The number of carbonyl (C=O) groups is 4. The minimum atomic E-state index is -1.34. The van der Waals surface area contributed by atoms with Crippen molar-refractivity contribution >= 4 is 40.1 Å². The Kier molecular flexibility index (Phi) is 21.5. The quantitative estimate of drug-likeness (QED) is 0.0369. The van der Waals surface area contributed by atoms with Gasteiger partial charge in [-0.2, -0.15) is 0 Å². The fourth-order valence-electron chi connectivity index (χ4n) is 8.20. The van der Waals surface area contributed by atoms with Gasteiger partial charge in [0.25, 0.3) is 0 Å². The fraction of sp³-hybridized carbons (Fsp3) is 0.556. The highest BCUT2D eigenvalue weighted by Crippen LogP contribution is 2.29. The van der Waals surface area contributed by atoms with Crippen molar-refractivity contribution < 1.29 is 38.1 Å². The summed E-state index contributed by atoms with van der Waals surface area (Å²) < 4.78 is 26.3. The second kappa shape index (κ2) is 27.0. The van der Waals surface area contributed by atoms with Crippen molar-refractivity contribution in [2.45, 2.75) is 131 Å². The Balaban J connectivity index is 1.38. The Morgan fingerprint density at radius 3 is 1.88 bits per heavy atom. The van der Waals surface area contributed by atoms with Gasteiger partial charge in [0.2, 0.25) is 11.8 Å². The molecule has 5 rings (SSSR count). The number of methoxy groups -OCH3 is 2. The largest absolute Gasteiger partial charge is 0.453 e. The highest BCUT2D eigenvalue weighted by molar-refractivity contribution is 6.76. The van der Waals surface area contributed by atoms with Crippen LogP contribution in [0.25, 0.3) is 22.5 Å². The van der Waals surface area contributed by atoms with Gasteiger partial charge in [-0.3, -0.25) is 9.59 Å². The molecule has 0 aliphatic carbocycles. The fourth-order valence-corrected chi connectivity index (χ4v) is 9.72. The van der Waals surface area contributed by atoms with Crippen LogP contribution in [-0.2, 0) is 48.5 Å². The van der Waals surface area contributed by atoms with E-state index in [1.807, 2.05) is 110 Å². The molecule has 1 fully saturated rings. The summed E-state index contributed by atoms with van der Waals surface area (Å²) in [6.07, 6.45) is 3.24. The number of benzene rings is 2. The molecule has 0 spiro atoms. The summed E-state index contributed by atoms with van der Waals surface area (Å²) in [5.41, 5.74) is 5.09. The zero-order chi connectivity index (χ0) is 53.5. The summed E-state index contributed by atoms with van der Waals surface area (Å²) >= 11 is 0. The van der Waals surface area contributed by atoms with Gasteiger partial charge >= 0.3 is 12.2 Å². The van der Waals surface area contributed by atoms with Crippen molar-refractivity contribution in [3.8, 4) is 34.4 Å². The van der Waals surface area contributed by atoms with E-state index in [0.717, 1.165) is 52.2 Å². The van der Waals surface area contributed by atoms with Crippen molar-refractivity contribution in [1.82, 2.24) is 44.9 Å². The van der Waals surface area contributed by atoms with E-state index >= 15 is 0 Å². The predicted molar refractivity (Wildman–Crippen MR) is 291 cm³/mol. The smallest absolute Gasteiger partial charge is 0.407 e. The van der Waals surface area contributed by atoms with E-state index in [9.17, 15) is 19.2 Å². The molecular formula is C54H81N9O8Si2. The third-order valence-corrected chi connectivity index (χ3v) is 16.1. The molecule has 3 heterocycles. The molecule has 2 aromatic carbocycles. The summed E-state index contributed by atoms with van der Waals surface area (Å²) in [5, 5.41) is 8.92. The SMILES string of the molecule is CCCN(Cc1ncc(-c2ccc(C#Cc3ccc(-c4cn(COCC[Si](C)(C)C)c([C@@H]5CNCCN5C(=O)[C@@H](NC(=O)OC)C(C)C)n4)cc3)cc2)n1COCC[Si](C)(C)C)C(=O)[C@@H](NC(=O)OC)C(C)C. The summed E-state index contributed by atoms with van der Waals surface area (Å²) in [5.74, 6) is 7.30. The van der Waals surface area contributed by atoms with Gasteiger partial charge < -0.3 is 53.8 Å². The third kappa shape index (κ3) is 17.1. The number of amides is 4. The lowest BCUT2D eigenvalue weighted by molar-refractivity contribution is -0.138. The first kappa shape index (κ1) is 58.1. The number of imidazole rings is 2. The molecule has 4 amide bonds. The Morgan fingerprint density at radius 2 is 1.34 bits per heavy atom. The van der Waals surface area contributed by atoms with Crippen LogP contribution in [0.1, 0.15) is 69.9 Å². The van der Waals surface area contributed by atoms with Crippen molar-refractivity contribution in [2.75, 3.05) is 53.6 Å². The number of aromatic nitrogens is 4. The number of nitrogens with zero attached hydrogens (tertiary/aromatic N) is 6. The molecule has 19 heteroatoms. The molecule has 0 bridgehead atoms. The monoisotopic (exact) mass is 1040 g/mol. The van der Waals surface area contributed by atoms with Crippen LogP contribution < -0.4 is 16.0 Å². The number of hydrogen-bond acceptors (Lipinski definition) is 11. The molecule has 3 atom stereocenters. The van der Waals surface area contributed by atoms with E-state index in [2.05, 4.69) is 67.1 Å². The molecule has 0 saturated carbocycles. The van der Waals surface area contributed by atoms with Gasteiger partial charge in [0.1, 0.15) is 43.2 Å². The molecule has 0 radical (unpaired) electrons. The molecule has 4 aromatic rings. The van der Waals surface area contributed by atoms with Gasteiger partial charge in [0.15, 0.2) is 0 Å². The summed E-state index contributed by atoms with van der Waals surface area (Å²) in [7, 11) is -0.0974. The number of ether oxygens (including phenoxy) is 4. The lowest BCUT2D eigenvalue weighted by atomic mass is 10.0. The summed E-state index contributed by atoms with van der Waals surface area (Å²) in [4.78, 5) is 66.1. The number of rotatable bonds is 23. The Bertz CT molecular complexity index is 2500. The van der Waals surface area contributed by atoms with Gasteiger partial charge in [-0.05, 0) is 60.2 Å². The minimum absolute atomic E-state index is 0.159. The first-order valence-electron chi connectivity index (χ1n) is 25.6. The maximum Gasteiger partial charge on any atom is 0.407 e. The molecule has 2 aromatic heterocycles. The van der Waals surface area contributed by atoms with Gasteiger partial charge in [-0.25, -0.2) is 19.6 Å². The number of alkyl carbamates (subject to hydrolysis) is 2. The Morgan fingerprint density at radius 1 is 0.795 bits per heavy atom. The molecule has 398 valence electrons. The molecule has 17 nitrogen and oxygen atoms in total. The average Bonchev–Trinajstić information content (AvgIpc) is 3.97. The van der Waals surface area contributed by atoms with E-state index in [4.69, 9.17) is 28.9 Å². The molecule has 73 heavy (non-hydrogen) atoms. The summed E-state index contributed by atoms with van der Waals surface area (Å²) in [6, 6.07) is 16.1. The number of hydrogen-bond donors (Lipinski definition) is 3. The predicted octanol–water partition coefficient (Wildman–Crippen LogP) is 8.41. The van der Waals surface area contributed by atoms with Gasteiger partial charge in [0.05, 0.1) is 38.3 Å². The zero-order valence-corrected chi connectivity index (χ0v) is 47.6. The van der Waals surface area contributed by atoms with Crippen LogP contribution in [-0.4, -0.2) is 135 Å². The zero-order valence-electron chi connectivity index (χ0n) is 45.6. The van der Waals surface area contributed by atoms with E-state index in [0.29, 0.717) is 51.0 Å². The standard InChI is InChI=1S/C54H81N9O8Si2/c1-14-26-60(51(64)48(38(2)3)58-53(66)68-6)35-47-56-33-45(63(47)37-71-29-31-73(11,12)13)43-23-19-41(20-24-43)16-15-40-17-21-42(22-18-40)44-34-61(36-70-28-30-72(8,9)10)50(57-44)46-32-55-25-27-62(46)52(65)49(39(4)5)59-54(67)69-7/h17-24,33-34,38-39,46,48-49,55H,14,25-32,35-37H2,1-13H3,(H,58,66)(H,59,67)/t46-,48-,49-/m0/s1. The van der Waals surface area contributed by atoms with E-state index in [-0.39, 0.29) is 43.7 Å². The second-order valence-electron chi connectivity index (χ2n) is 21.8. The van der Waals surface area contributed by atoms with E-state index in [1.165, 1.54) is 14.2 Å². The highest BCUT2D eigenvalue weighted by Gasteiger charge is 2.37. The Labute approximate surface area is 435 Å². The topological polar surface area (TPSA) is 183 Å². The first-order chi connectivity index (χ1) is 34.6. The normalized spacial score (nSPS) is 14.8. The maximum atomic E-state index is 14.2. The van der Waals surface area contributed by atoms with Gasteiger partial charge in [-0.1, -0.05) is 110 Å².